The molecule has 9 heteroatoms. The number of carbonyl (C=O) groups excluding carboxylic acids is 2. The molecular weight excluding hydrogens is 1130 g/mol. The second-order valence-corrected chi connectivity index (χ2v) is 24.8. The third-order valence-electron chi connectivity index (χ3n) is 15.0. The molecule has 0 rings (SSSR count). The summed E-state index contributed by atoms with van der Waals surface area (Å²) in [6.07, 6.45) is 103. The summed E-state index contributed by atoms with van der Waals surface area (Å²) in [5.41, 5.74) is 0. The van der Waals surface area contributed by atoms with Crippen LogP contribution in [0.5, 0.6) is 0 Å². The van der Waals surface area contributed by atoms with E-state index in [2.05, 4.69) is 184 Å². The highest BCUT2D eigenvalue weighted by molar-refractivity contribution is 5.71. The van der Waals surface area contributed by atoms with Crippen molar-refractivity contribution in [3.05, 3.63) is 170 Å². The molecule has 0 aromatic rings. The Morgan fingerprint density at radius 2 is 0.593 bits per heavy atom. The van der Waals surface area contributed by atoms with Crippen LogP contribution in [-0.4, -0.2) is 87.4 Å². The smallest absolute Gasteiger partial charge is 0.361 e. The molecular formula is C82H134NO8+. The van der Waals surface area contributed by atoms with Crippen LogP contribution >= 0.6 is 0 Å². The highest BCUT2D eigenvalue weighted by Gasteiger charge is 2.25. The van der Waals surface area contributed by atoms with Gasteiger partial charge in [0.1, 0.15) is 13.2 Å². The molecule has 91 heavy (non-hydrogen) atoms. The van der Waals surface area contributed by atoms with E-state index in [-0.39, 0.29) is 38.6 Å². The summed E-state index contributed by atoms with van der Waals surface area (Å²) in [5.74, 6) is -2.04. The first-order valence-corrected chi connectivity index (χ1v) is 36.3. The standard InChI is InChI=1S/C82H133NO8/c1-6-8-10-12-14-16-18-20-22-24-26-28-30-32-34-35-36-37-38-39-40-41-42-43-44-45-47-49-51-53-55-57-59-61-63-65-67-69-71-73-80(85)91-78(77-90-82(81(86)87)88-75-74-83(3,4)5)76-89-79(84)72-70-68-66-64-62-60-58-56-54-52-50-48-46-33-31-29-27-25-23-21-19-17-15-13-11-9-7-2/h8-11,14-17,20-23,26-29,32-34,36-37,39-40,46,50,52,56,58,78,82H,6-7,12-13,18-19,24-25,30-31,35,38,41-45,47-49,51,53-55,57,59-77H2,1-5H3/p+1/b10-8-,11-9-,16-14-,17-15-,22-20-,23-21-,28-26-,29-27-,34-32-,37-36-,40-39-,46-33-,52-50-,58-56-. The number of allylic oxidation sites excluding steroid dienone is 28. The van der Waals surface area contributed by atoms with Gasteiger partial charge in [-0.25, -0.2) is 4.79 Å². The zero-order valence-corrected chi connectivity index (χ0v) is 58.7. The molecule has 9 nitrogen and oxygen atoms in total. The van der Waals surface area contributed by atoms with Crippen molar-refractivity contribution in [2.75, 3.05) is 47.5 Å². The number of hydrogen-bond donors (Lipinski definition) is 1. The predicted octanol–water partition coefficient (Wildman–Crippen LogP) is 23.0. The SMILES string of the molecule is CC/C=C\C/C=C\C/C=C\C/C=C\C/C=C\C/C=C\C/C=C\CCCCCCCCCCCCCCCCCCCC(=O)OC(COC(=O)CCCCCCC/C=C\C/C=C\C/C=C\C/C=C\C/C=C\C/C=C\C/C=C\CC)COC(OCC[N+](C)(C)C)C(=O)O. The number of esters is 2. The topological polar surface area (TPSA) is 108 Å². The molecule has 0 heterocycles. The van der Waals surface area contributed by atoms with E-state index in [1.54, 1.807) is 0 Å². The molecule has 0 spiro atoms. The minimum absolute atomic E-state index is 0.177. The largest absolute Gasteiger partial charge is 0.477 e. The summed E-state index contributed by atoms with van der Waals surface area (Å²) >= 11 is 0. The van der Waals surface area contributed by atoms with Crippen LogP contribution in [0.1, 0.15) is 271 Å². The summed E-state index contributed by atoms with van der Waals surface area (Å²) in [6.45, 7) is 4.62. The summed E-state index contributed by atoms with van der Waals surface area (Å²) < 4.78 is 23.0. The van der Waals surface area contributed by atoms with Gasteiger partial charge in [-0.1, -0.05) is 300 Å². The number of nitrogens with zero attached hydrogens (tertiary/aromatic N) is 1. The third-order valence-corrected chi connectivity index (χ3v) is 15.0. The molecule has 0 fully saturated rings. The van der Waals surface area contributed by atoms with E-state index < -0.39 is 24.3 Å². The minimum Gasteiger partial charge on any atom is -0.477 e. The maximum absolute atomic E-state index is 13.0. The van der Waals surface area contributed by atoms with Crippen molar-refractivity contribution in [1.29, 1.82) is 0 Å². The highest BCUT2D eigenvalue weighted by atomic mass is 16.7. The molecule has 0 saturated carbocycles. The molecule has 0 amide bonds. The molecule has 2 atom stereocenters. The maximum atomic E-state index is 13.0. The molecule has 0 aromatic heterocycles. The Morgan fingerprint density at radius 3 is 0.879 bits per heavy atom. The summed E-state index contributed by atoms with van der Waals surface area (Å²) in [4.78, 5) is 37.7. The van der Waals surface area contributed by atoms with Crippen LogP contribution in [0.25, 0.3) is 0 Å². The Labute approximate surface area is 558 Å². The van der Waals surface area contributed by atoms with Gasteiger partial charge < -0.3 is 28.5 Å². The van der Waals surface area contributed by atoms with Crippen molar-refractivity contribution in [3.63, 3.8) is 0 Å². The molecule has 0 bridgehead atoms. The zero-order valence-electron chi connectivity index (χ0n) is 58.7. The van der Waals surface area contributed by atoms with Gasteiger partial charge >= 0.3 is 17.9 Å². The number of carbonyl (C=O) groups is 3. The van der Waals surface area contributed by atoms with Crippen LogP contribution < -0.4 is 0 Å². The quantitative estimate of drug-likeness (QED) is 0.0211. The molecule has 0 aliphatic carbocycles. The van der Waals surface area contributed by atoms with Crippen LogP contribution in [0.3, 0.4) is 0 Å². The molecule has 0 saturated heterocycles. The van der Waals surface area contributed by atoms with E-state index in [1.165, 1.54) is 89.9 Å². The fourth-order valence-electron chi connectivity index (χ4n) is 9.50. The zero-order chi connectivity index (χ0) is 66.1. The Morgan fingerprint density at radius 1 is 0.330 bits per heavy atom. The van der Waals surface area contributed by atoms with E-state index in [0.717, 1.165) is 141 Å². The van der Waals surface area contributed by atoms with Crippen molar-refractivity contribution in [2.45, 2.75) is 283 Å². The molecule has 2 unspecified atom stereocenters. The van der Waals surface area contributed by atoms with Crippen LogP contribution in [0.4, 0.5) is 0 Å². The number of quaternary nitrogens is 1. The van der Waals surface area contributed by atoms with Crippen molar-refractivity contribution in [3.8, 4) is 0 Å². The Hall–Kier alpha value is -5.35. The predicted molar refractivity (Wildman–Crippen MR) is 391 cm³/mol. The van der Waals surface area contributed by atoms with Crippen LogP contribution in [0.2, 0.25) is 0 Å². The minimum atomic E-state index is -1.53. The number of unbranched alkanes of at least 4 members (excludes halogenated alkanes) is 22. The first-order valence-electron chi connectivity index (χ1n) is 36.3. The van der Waals surface area contributed by atoms with Crippen LogP contribution in [0.15, 0.2) is 170 Å². The first-order chi connectivity index (χ1) is 44.6. The second kappa shape index (κ2) is 70.5. The third kappa shape index (κ3) is 71.9. The van der Waals surface area contributed by atoms with Crippen molar-refractivity contribution < 1.29 is 42.9 Å². The van der Waals surface area contributed by atoms with Crippen molar-refractivity contribution >= 4 is 17.9 Å². The molecule has 514 valence electrons. The van der Waals surface area contributed by atoms with Gasteiger partial charge in [0, 0.05) is 12.8 Å². The van der Waals surface area contributed by atoms with E-state index in [0.29, 0.717) is 23.9 Å². The lowest BCUT2D eigenvalue weighted by Gasteiger charge is -2.25. The highest BCUT2D eigenvalue weighted by Crippen LogP contribution is 2.16. The lowest BCUT2D eigenvalue weighted by molar-refractivity contribution is -0.870. The first kappa shape index (κ1) is 85.7. The normalized spacial score (nSPS) is 13.7. The Bertz CT molecular complexity index is 2100. The number of likely N-dealkylation sites (N-methyl/N-ethyl adjacent to an activating group) is 1. The van der Waals surface area contributed by atoms with Gasteiger partial charge in [-0.05, 0) is 128 Å². The number of rotatable bonds is 65. The van der Waals surface area contributed by atoms with E-state index in [9.17, 15) is 19.5 Å². The molecule has 1 N–H and O–H groups in total. The van der Waals surface area contributed by atoms with Gasteiger partial charge in [-0.3, -0.25) is 9.59 Å². The lowest BCUT2D eigenvalue weighted by Crippen LogP contribution is -2.40. The van der Waals surface area contributed by atoms with Crippen molar-refractivity contribution in [2.24, 2.45) is 0 Å². The number of carboxylic acid groups (broad SMARTS) is 1. The van der Waals surface area contributed by atoms with E-state index in [4.69, 9.17) is 18.9 Å². The maximum Gasteiger partial charge on any atom is 0.361 e. The van der Waals surface area contributed by atoms with Gasteiger partial charge in [-0.2, -0.15) is 0 Å². The van der Waals surface area contributed by atoms with Crippen molar-refractivity contribution in [1.82, 2.24) is 0 Å². The monoisotopic (exact) mass is 1260 g/mol. The Kier molecular flexibility index (Phi) is 66.4. The molecule has 0 aliphatic heterocycles. The van der Waals surface area contributed by atoms with Gasteiger partial charge in [0.15, 0.2) is 6.10 Å². The van der Waals surface area contributed by atoms with Crippen LogP contribution in [-0.2, 0) is 33.3 Å². The molecule has 0 aromatic carbocycles. The fraction of sp³-hybridized carbons (Fsp3) is 0.622. The van der Waals surface area contributed by atoms with Gasteiger partial charge in [0.25, 0.3) is 6.29 Å². The number of ether oxygens (including phenoxy) is 4. The van der Waals surface area contributed by atoms with Gasteiger partial charge in [0.2, 0.25) is 0 Å². The lowest BCUT2D eigenvalue weighted by atomic mass is 10.0. The Balaban J connectivity index is 4.14. The summed E-state index contributed by atoms with van der Waals surface area (Å²) in [7, 11) is 5.96. The average Bonchev–Trinajstić information content (AvgIpc) is 3.46. The molecule has 0 radical (unpaired) electrons. The second-order valence-electron chi connectivity index (χ2n) is 24.8. The molecule has 0 aliphatic rings. The number of carboxylic acids is 1. The average molecular weight is 1260 g/mol. The van der Waals surface area contributed by atoms with E-state index >= 15 is 0 Å². The van der Waals surface area contributed by atoms with Crippen LogP contribution in [0, 0.1) is 0 Å². The fourth-order valence-corrected chi connectivity index (χ4v) is 9.50. The summed E-state index contributed by atoms with van der Waals surface area (Å²) in [5, 5.41) is 9.75. The summed E-state index contributed by atoms with van der Waals surface area (Å²) in [6, 6.07) is 0. The van der Waals surface area contributed by atoms with E-state index in [1.807, 2.05) is 21.1 Å². The van der Waals surface area contributed by atoms with Gasteiger partial charge in [-0.15, -0.1) is 0 Å². The van der Waals surface area contributed by atoms with Gasteiger partial charge in [0.05, 0.1) is 34.4 Å². The number of hydrogen-bond acceptors (Lipinski definition) is 7. The number of aliphatic carboxylic acids is 1.